The molecule has 0 radical (unpaired) electrons. The number of nitrogens with one attached hydrogen (secondary N) is 2. The first-order valence-electron chi connectivity index (χ1n) is 8.96. The topological polar surface area (TPSA) is 81.2 Å². The number of aromatic nitrogens is 2. The number of carbonyl (C=O) groups is 1. The summed E-state index contributed by atoms with van der Waals surface area (Å²) in [6.07, 6.45) is 4.44. The number of anilines is 1. The van der Waals surface area contributed by atoms with Crippen molar-refractivity contribution in [2.24, 2.45) is 5.92 Å². The third kappa shape index (κ3) is 4.39. The second-order valence-electron chi connectivity index (χ2n) is 6.56. The van der Waals surface area contributed by atoms with Gasteiger partial charge in [0.25, 0.3) is 5.91 Å². The summed E-state index contributed by atoms with van der Waals surface area (Å²) in [4.78, 5) is 21.6. The molecule has 3 rings (SSSR count). The van der Waals surface area contributed by atoms with Crippen LogP contribution in [0.2, 0.25) is 0 Å². The molecule has 2 aromatic rings. The van der Waals surface area contributed by atoms with Gasteiger partial charge in [-0.25, -0.2) is 4.98 Å². The summed E-state index contributed by atoms with van der Waals surface area (Å²) in [5, 5.41) is 12.1. The average Bonchev–Trinajstić information content (AvgIpc) is 3.16. The van der Waals surface area contributed by atoms with E-state index in [1.54, 1.807) is 6.20 Å². The van der Waals surface area contributed by atoms with Crippen molar-refractivity contribution < 1.29 is 9.90 Å². The largest absolute Gasteiger partial charge is 0.396 e. The fraction of sp³-hybridized carbons (Fsp3) is 0.474. The van der Waals surface area contributed by atoms with Gasteiger partial charge in [0.2, 0.25) is 0 Å². The average molecular weight is 342 g/mol. The molecule has 134 valence electrons. The van der Waals surface area contributed by atoms with Crippen molar-refractivity contribution in [3.05, 3.63) is 47.5 Å². The highest BCUT2D eigenvalue weighted by Crippen LogP contribution is 2.23. The first-order valence-corrected chi connectivity index (χ1v) is 8.96. The number of hydrogen-bond donors (Lipinski definition) is 3. The molecule has 1 aliphatic rings. The summed E-state index contributed by atoms with van der Waals surface area (Å²) in [5.74, 6) is 1.13. The number of aliphatic hydroxyl groups is 1. The quantitative estimate of drug-likeness (QED) is 0.751. The molecule has 1 amide bonds. The van der Waals surface area contributed by atoms with Gasteiger partial charge in [0, 0.05) is 38.3 Å². The number of amides is 1. The Kier molecular flexibility index (Phi) is 5.71. The third-order valence-electron chi connectivity index (χ3n) is 4.84. The molecule has 1 aromatic carbocycles. The van der Waals surface area contributed by atoms with Crippen LogP contribution in [0.4, 0.5) is 5.69 Å². The molecule has 1 fully saturated rings. The Morgan fingerprint density at radius 1 is 1.32 bits per heavy atom. The molecule has 3 N–H and O–H groups in total. The van der Waals surface area contributed by atoms with Crippen LogP contribution in [-0.2, 0) is 13.0 Å². The van der Waals surface area contributed by atoms with Gasteiger partial charge in [0.15, 0.2) is 0 Å². The molecular weight excluding hydrogens is 316 g/mol. The van der Waals surface area contributed by atoms with Crippen LogP contribution in [0.25, 0.3) is 0 Å². The smallest absolute Gasteiger partial charge is 0.269 e. The van der Waals surface area contributed by atoms with Crippen LogP contribution < -0.4 is 10.2 Å². The summed E-state index contributed by atoms with van der Waals surface area (Å²) in [7, 11) is 0. The Morgan fingerprint density at radius 3 is 2.64 bits per heavy atom. The van der Waals surface area contributed by atoms with Gasteiger partial charge in [-0.1, -0.05) is 19.1 Å². The normalized spacial score (nSPS) is 15.4. The van der Waals surface area contributed by atoms with Crippen LogP contribution in [0, 0.1) is 5.92 Å². The number of aryl methyl sites for hydroxylation is 1. The summed E-state index contributed by atoms with van der Waals surface area (Å²) in [5.41, 5.74) is 2.77. The maximum absolute atomic E-state index is 12.1. The molecule has 0 saturated carbocycles. The van der Waals surface area contributed by atoms with Crippen molar-refractivity contribution >= 4 is 11.6 Å². The summed E-state index contributed by atoms with van der Waals surface area (Å²) >= 11 is 0. The molecule has 1 aliphatic heterocycles. The minimum atomic E-state index is -0.137. The van der Waals surface area contributed by atoms with E-state index >= 15 is 0 Å². The van der Waals surface area contributed by atoms with Crippen LogP contribution in [0.15, 0.2) is 30.5 Å². The maximum atomic E-state index is 12.1. The summed E-state index contributed by atoms with van der Waals surface area (Å²) in [6, 6.07) is 8.31. The van der Waals surface area contributed by atoms with Gasteiger partial charge in [-0.05, 0) is 36.5 Å². The van der Waals surface area contributed by atoms with E-state index in [1.807, 2.05) is 6.92 Å². The lowest BCUT2D eigenvalue weighted by Crippen LogP contribution is -2.34. The van der Waals surface area contributed by atoms with E-state index in [9.17, 15) is 9.90 Å². The van der Waals surface area contributed by atoms with Crippen molar-refractivity contribution in [1.29, 1.82) is 0 Å². The zero-order valence-electron chi connectivity index (χ0n) is 14.7. The molecule has 1 aromatic heterocycles. The second kappa shape index (κ2) is 8.16. The lowest BCUT2D eigenvalue weighted by Gasteiger charge is -2.33. The number of piperidine rings is 1. The Morgan fingerprint density at radius 2 is 2.04 bits per heavy atom. The molecule has 6 heteroatoms. The van der Waals surface area contributed by atoms with Crippen molar-refractivity contribution in [3.8, 4) is 0 Å². The van der Waals surface area contributed by atoms with Crippen molar-refractivity contribution in [2.45, 2.75) is 32.7 Å². The molecule has 0 unspecified atom stereocenters. The number of rotatable bonds is 6. The predicted octanol–water partition coefficient (Wildman–Crippen LogP) is 2.11. The highest BCUT2D eigenvalue weighted by atomic mass is 16.3. The van der Waals surface area contributed by atoms with Crippen LogP contribution in [-0.4, -0.2) is 40.7 Å². The van der Waals surface area contributed by atoms with Gasteiger partial charge in [-0.2, -0.15) is 0 Å². The zero-order chi connectivity index (χ0) is 17.6. The summed E-state index contributed by atoms with van der Waals surface area (Å²) < 4.78 is 0. The van der Waals surface area contributed by atoms with Crippen LogP contribution in [0.5, 0.6) is 0 Å². The number of nitrogens with zero attached hydrogens (tertiary/aromatic N) is 2. The van der Waals surface area contributed by atoms with Crippen molar-refractivity contribution in [1.82, 2.24) is 15.3 Å². The molecule has 0 bridgehead atoms. The first-order chi connectivity index (χ1) is 12.2. The lowest BCUT2D eigenvalue weighted by atomic mass is 9.97. The van der Waals surface area contributed by atoms with E-state index in [-0.39, 0.29) is 5.91 Å². The standard InChI is InChI=1S/C19H26N4O2/c1-2-18-20-12-17(22-18)19(25)21-11-14-3-5-16(6-4-14)23-9-7-15(13-24)8-10-23/h3-6,12,15,24H,2,7-11,13H2,1H3,(H,20,22)(H,21,25). The number of H-pyrrole nitrogens is 1. The Labute approximate surface area is 148 Å². The Bertz CT molecular complexity index is 688. The van der Waals surface area contributed by atoms with Gasteiger partial charge in [-0.3, -0.25) is 4.79 Å². The number of benzene rings is 1. The maximum Gasteiger partial charge on any atom is 0.269 e. The van der Waals surface area contributed by atoms with Gasteiger partial charge >= 0.3 is 0 Å². The van der Waals surface area contributed by atoms with Gasteiger partial charge in [-0.15, -0.1) is 0 Å². The fourth-order valence-electron chi connectivity index (χ4n) is 3.13. The van der Waals surface area contributed by atoms with Gasteiger partial charge in [0.1, 0.15) is 11.5 Å². The fourth-order valence-corrected chi connectivity index (χ4v) is 3.13. The van der Waals surface area contributed by atoms with E-state index in [0.29, 0.717) is 24.8 Å². The molecule has 0 spiro atoms. The predicted molar refractivity (Wildman–Crippen MR) is 97.6 cm³/mol. The molecule has 25 heavy (non-hydrogen) atoms. The monoisotopic (exact) mass is 342 g/mol. The highest BCUT2D eigenvalue weighted by Gasteiger charge is 2.18. The van der Waals surface area contributed by atoms with E-state index in [0.717, 1.165) is 43.7 Å². The van der Waals surface area contributed by atoms with Crippen LogP contribution in [0.1, 0.15) is 41.6 Å². The minimum absolute atomic E-state index is 0.137. The van der Waals surface area contributed by atoms with Crippen molar-refractivity contribution in [2.75, 3.05) is 24.6 Å². The third-order valence-corrected chi connectivity index (χ3v) is 4.84. The first kappa shape index (κ1) is 17.5. The molecule has 0 aliphatic carbocycles. The molecule has 1 saturated heterocycles. The van der Waals surface area contributed by atoms with Gasteiger partial charge in [0.05, 0.1) is 6.20 Å². The Hall–Kier alpha value is -2.34. The number of carbonyl (C=O) groups excluding carboxylic acids is 1. The minimum Gasteiger partial charge on any atom is -0.396 e. The number of hydrogen-bond acceptors (Lipinski definition) is 4. The lowest BCUT2D eigenvalue weighted by molar-refractivity contribution is 0.0946. The highest BCUT2D eigenvalue weighted by molar-refractivity contribution is 5.92. The van der Waals surface area contributed by atoms with E-state index in [1.165, 1.54) is 5.69 Å². The van der Waals surface area contributed by atoms with Crippen molar-refractivity contribution in [3.63, 3.8) is 0 Å². The Balaban J connectivity index is 1.51. The van der Waals surface area contributed by atoms with Gasteiger partial charge < -0.3 is 20.3 Å². The van der Waals surface area contributed by atoms with E-state index in [4.69, 9.17) is 0 Å². The SMILES string of the molecule is CCc1ncc(C(=O)NCc2ccc(N3CCC(CO)CC3)cc2)[nH]1. The van der Waals surface area contributed by atoms with Crippen LogP contribution in [0.3, 0.4) is 0 Å². The number of aliphatic hydroxyl groups excluding tert-OH is 1. The molecular formula is C19H26N4O2. The number of aromatic amines is 1. The molecule has 0 atom stereocenters. The zero-order valence-corrected chi connectivity index (χ0v) is 14.7. The molecule has 6 nitrogen and oxygen atoms in total. The summed E-state index contributed by atoms with van der Waals surface area (Å²) in [6.45, 7) is 4.75. The second-order valence-corrected chi connectivity index (χ2v) is 6.56. The van der Waals surface area contributed by atoms with E-state index < -0.39 is 0 Å². The molecule has 2 heterocycles. The van der Waals surface area contributed by atoms with Crippen LogP contribution >= 0.6 is 0 Å². The number of imidazole rings is 1. The van der Waals surface area contributed by atoms with E-state index in [2.05, 4.69) is 44.5 Å².